The first-order chi connectivity index (χ1) is 15.0. The Kier molecular flexibility index (Phi) is 6.89. The van der Waals surface area contributed by atoms with Gasteiger partial charge >= 0.3 is 29.2 Å². The molecule has 0 aromatic carbocycles. The molecule has 6 atom stereocenters. The Morgan fingerprint density at radius 1 is 1.03 bits per heavy atom. The standard InChI is InChI=1S/C10H16N5O15P3/c11-9-13-6-3(7(18)14-9)12-10(19)15(6)8-5(17)4(16)2(28-8)1-27-32(23,24)30-33(25,26)29-31(20,21)22/h2,4-5,8,16-17H,1H2,(H,12,19)(H,23,24)(H,25,26)(H2,20,21,22)(H3,11,13,14,18)/t2-,4-,5-,8-/m1/s1/i9+1,11+1,14+1. The lowest BCUT2D eigenvalue weighted by atomic mass is 10.1. The highest BCUT2D eigenvalue weighted by Gasteiger charge is 2.47. The number of anilines is 1. The van der Waals surface area contributed by atoms with Crippen molar-refractivity contribution in [3.63, 3.8) is 0 Å². The Morgan fingerprint density at radius 2 is 1.67 bits per heavy atom. The third-order valence-corrected chi connectivity index (χ3v) is 7.81. The number of phosphoric acid groups is 3. The van der Waals surface area contributed by atoms with Crippen molar-refractivity contribution in [2.45, 2.75) is 24.5 Å². The second-order valence-electron chi connectivity index (χ2n) is 6.38. The van der Waals surface area contributed by atoms with Gasteiger partial charge in [-0.1, -0.05) is 0 Å². The summed E-state index contributed by atoms with van der Waals surface area (Å²) < 4.78 is 51.0. The van der Waals surface area contributed by atoms with Gasteiger partial charge in [-0.2, -0.15) is 13.6 Å². The average molecular weight is 542 g/mol. The number of rotatable bonds is 8. The Morgan fingerprint density at radius 3 is 2.27 bits per heavy atom. The molecule has 0 radical (unpaired) electrons. The number of aromatic amines is 2. The number of ether oxygens (including phenoxy) is 1. The smallest absolute Gasteiger partial charge is 0.387 e. The molecule has 2 unspecified atom stereocenters. The van der Waals surface area contributed by atoms with E-state index in [1.165, 1.54) is 0 Å². The fourth-order valence-electron chi connectivity index (χ4n) is 2.82. The molecule has 0 spiro atoms. The van der Waals surface area contributed by atoms with Crippen molar-refractivity contribution in [2.24, 2.45) is 0 Å². The SMILES string of the molecule is [15NH2][13c]1nc2c([nH]c(=O)n2[C@@H]2O[C@H](COP(=O)(O)OP(=O)(O)OP(=O)(O)O)[C@@H](O)[C@H]2O)c(=O)[15nH]1. The van der Waals surface area contributed by atoms with Gasteiger partial charge < -0.3 is 40.3 Å². The van der Waals surface area contributed by atoms with Gasteiger partial charge in [0.2, 0.25) is 5.95 Å². The third kappa shape index (κ3) is 5.84. The van der Waals surface area contributed by atoms with Crippen molar-refractivity contribution in [1.82, 2.24) is 19.5 Å². The molecule has 1 saturated heterocycles. The van der Waals surface area contributed by atoms with Crippen molar-refractivity contribution in [2.75, 3.05) is 12.3 Å². The van der Waals surface area contributed by atoms with Gasteiger partial charge in [0.15, 0.2) is 17.4 Å². The zero-order valence-corrected chi connectivity index (χ0v) is 18.4. The minimum absolute atomic E-state index is 0.337. The maximum atomic E-state index is 12.3. The van der Waals surface area contributed by atoms with Gasteiger partial charge in [-0.15, -0.1) is 0 Å². The van der Waals surface area contributed by atoms with E-state index in [0.29, 0.717) is 4.57 Å². The number of aliphatic hydroxyl groups excluding tert-OH is 2. The van der Waals surface area contributed by atoms with E-state index >= 15 is 0 Å². The molecule has 0 saturated carbocycles. The van der Waals surface area contributed by atoms with Crippen LogP contribution in [0.25, 0.3) is 11.2 Å². The van der Waals surface area contributed by atoms with Crippen molar-refractivity contribution in [3.05, 3.63) is 20.8 Å². The van der Waals surface area contributed by atoms with E-state index in [1.54, 1.807) is 0 Å². The number of hydrogen-bond donors (Lipinski definition) is 9. The molecule has 1 aliphatic heterocycles. The number of nitrogens with zero attached hydrogens (tertiary/aromatic N) is 2. The van der Waals surface area contributed by atoms with Crippen molar-refractivity contribution >= 4 is 40.6 Å². The predicted molar refractivity (Wildman–Crippen MR) is 101 cm³/mol. The molecule has 20 nitrogen and oxygen atoms in total. The van der Waals surface area contributed by atoms with E-state index in [-0.39, 0.29) is 11.2 Å². The molecular formula is C10H16N5O15P3. The molecule has 2 aromatic rings. The molecule has 0 aliphatic carbocycles. The first kappa shape index (κ1) is 25.9. The molecule has 0 amide bonds. The normalized spacial score (nSPS) is 27.5. The van der Waals surface area contributed by atoms with Gasteiger partial charge in [-0.3, -0.25) is 19.3 Å². The van der Waals surface area contributed by atoms with Gasteiger partial charge in [0.25, 0.3) is 5.56 Å². The summed E-state index contributed by atoms with van der Waals surface area (Å²) in [6.45, 7) is -1.11. The van der Waals surface area contributed by atoms with Crippen LogP contribution in [0.4, 0.5) is 5.95 Å². The van der Waals surface area contributed by atoms with Crippen LogP contribution >= 0.6 is 23.5 Å². The maximum absolute atomic E-state index is 12.3. The molecule has 23 heteroatoms. The third-order valence-electron chi connectivity index (χ3n) is 4.01. The van der Waals surface area contributed by atoms with E-state index in [4.69, 9.17) is 25.2 Å². The second-order valence-corrected chi connectivity index (χ2v) is 10.8. The quantitative estimate of drug-likeness (QED) is 0.118. The maximum Gasteiger partial charge on any atom is 0.490 e. The molecule has 2 aromatic heterocycles. The first-order valence-electron chi connectivity index (χ1n) is 8.29. The lowest BCUT2D eigenvalue weighted by Gasteiger charge is -2.19. The lowest BCUT2D eigenvalue weighted by Crippen LogP contribution is -2.35. The van der Waals surface area contributed by atoms with E-state index in [9.17, 15) is 38.4 Å². The van der Waals surface area contributed by atoms with Gasteiger partial charge in [-0.25, -0.2) is 23.1 Å². The molecule has 186 valence electrons. The molecule has 1 aliphatic rings. The summed E-state index contributed by atoms with van der Waals surface area (Å²) in [6, 6.07) is 0. The predicted octanol–water partition coefficient (Wildman–Crippen LogP) is -3.04. The number of hydrogen-bond acceptors (Lipinski definition) is 13. The molecular weight excluding hydrogens is 526 g/mol. The Balaban J connectivity index is 1.78. The largest absolute Gasteiger partial charge is 0.490 e. The number of aliphatic hydroxyl groups is 2. The number of imidazole rings is 1. The molecule has 3 rings (SSSR count). The van der Waals surface area contributed by atoms with Crippen LogP contribution in [0.15, 0.2) is 9.59 Å². The fourth-order valence-corrected chi connectivity index (χ4v) is 5.85. The number of nitrogens with one attached hydrogen (secondary N) is 2. The topological polar surface area (TPSA) is 319 Å². The summed E-state index contributed by atoms with van der Waals surface area (Å²) >= 11 is 0. The van der Waals surface area contributed by atoms with Crippen molar-refractivity contribution in [3.8, 4) is 0 Å². The number of phosphoric ester groups is 1. The molecule has 1 fully saturated rings. The van der Waals surface area contributed by atoms with Crippen LogP contribution in [0.3, 0.4) is 0 Å². The van der Waals surface area contributed by atoms with Gasteiger partial charge in [0.05, 0.1) is 6.61 Å². The highest BCUT2D eigenvalue weighted by Crippen LogP contribution is 2.66. The minimum Gasteiger partial charge on any atom is -0.387 e. The number of aromatic nitrogens is 4. The number of H-pyrrole nitrogens is 2. The summed E-state index contributed by atoms with van der Waals surface area (Å²) in [4.78, 5) is 67.8. The molecule has 3 heterocycles. The molecule has 33 heavy (non-hydrogen) atoms. The van der Waals surface area contributed by atoms with Crippen LogP contribution in [-0.4, -0.2) is 74.2 Å². The lowest BCUT2D eigenvalue weighted by molar-refractivity contribution is -0.0517. The van der Waals surface area contributed by atoms with Crippen LogP contribution in [0.2, 0.25) is 0 Å². The average Bonchev–Trinajstić information content (AvgIpc) is 3.07. The summed E-state index contributed by atoms with van der Waals surface area (Å²) in [5.41, 5.74) is 2.91. The van der Waals surface area contributed by atoms with E-state index in [2.05, 4.69) is 28.1 Å². The highest BCUT2D eigenvalue weighted by atomic mass is 31.3. The van der Waals surface area contributed by atoms with Gasteiger partial charge in [-0.05, 0) is 0 Å². The van der Waals surface area contributed by atoms with Crippen LogP contribution in [0.5, 0.6) is 0 Å². The van der Waals surface area contributed by atoms with Gasteiger partial charge in [0.1, 0.15) is 18.3 Å². The molecule has 10 N–H and O–H groups in total. The number of nitrogen functional groups attached to an aromatic ring is 1. The zero-order chi connectivity index (χ0) is 24.9. The zero-order valence-electron chi connectivity index (χ0n) is 15.7. The highest BCUT2D eigenvalue weighted by molar-refractivity contribution is 7.66. The molecule has 0 bridgehead atoms. The monoisotopic (exact) mass is 542 g/mol. The Hall–Kier alpha value is -1.76. The summed E-state index contributed by atoms with van der Waals surface area (Å²) in [6.07, 6.45) is -7.12. The number of nitrogens with two attached hydrogens (primary N) is 1. The van der Waals surface area contributed by atoms with E-state index < -0.39 is 71.8 Å². The van der Waals surface area contributed by atoms with Crippen molar-refractivity contribution in [1.29, 1.82) is 0 Å². The Bertz CT molecular complexity index is 1310. The summed E-state index contributed by atoms with van der Waals surface area (Å²) in [5, 5.41) is 20.4. The first-order valence-corrected chi connectivity index (χ1v) is 12.8. The second kappa shape index (κ2) is 8.79. The van der Waals surface area contributed by atoms with E-state index in [0.717, 1.165) is 0 Å². The number of fused-ring (bicyclic) bond motifs is 1. The van der Waals surface area contributed by atoms with Crippen LogP contribution < -0.4 is 17.0 Å². The summed E-state index contributed by atoms with van der Waals surface area (Å²) in [5.74, 6) is -0.391. The van der Waals surface area contributed by atoms with E-state index in [1.807, 2.05) is 0 Å². The Labute approximate surface area is 180 Å². The minimum atomic E-state index is -5.78. The van der Waals surface area contributed by atoms with Crippen LogP contribution in [0, 0.1) is 0 Å². The van der Waals surface area contributed by atoms with Crippen molar-refractivity contribution < 1.29 is 61.4 Å². The van der Waals surface area contributed by atoms with Gasteiger partial charge in [0, 0.05) is 0 Å². The fraction of sp³-hybridized carbons (Fsp3) is 0.500. The van der Waals surface area contributed by atoms with Crippen LogP contribution in [0.1, 0.15) is 6.23 Å². The van der Waals surface area contributed by atoms with Crippen LogP contribution in [-0.2, 0) is 31.6 Å². The summed E-state index contributed by atoms with van der Waals surface area (Å²) in [7, 11) is -16.9.